The Labute approximate surface area is 149 Å². The molecule has 134 valence electrons. The molecule has 1 aromatic carbocycles. The fraction of sp³-hybridized carbons (Fsp3) is 0.571. The van der Waals surface area contributed by atoms with Crippen molar-refractivity contribution in [1.29, 1.82) is 0 Å². The van der Waals surface area contributed by atoms with E-state index in [0.717, 1.165) is 24.2 Å². The molecule has 1 aromatic rings. The van der Waals surface area contributed by atoms with Crippen LogP contribution < -0.4 is 5.73 Å². The lowest BCUT2D eigenvalue weighted by Gasteiger charge is -2.38. The Morgan fingerprint density at radius 2 is 1.96 bits per heavy atom. The number of hydrogen-bond donors (Lipinski definition) is 1. The van der Waals surface area contributed by atoms with E-state index >= 15 is 0 Å². The van der Waals surface area contributed by atoms with Crippen LogP contribution in [-0.2, 0) is 10.3 Å². The zero-order valence-corrected chi connectivity index (χ0v) is 15.0. The van der Waals surface area contributed by atoms with Crippen LogP contribution in [0.5, 0.6) is 0 Å². The van der Waals surface area contributed by atoms with E-state index in [1.54, 1.807) is 6.08 Å². The highest BCUT2D eigenvalue weighted by Gasteiger charge is 2.57. The third-order valence-electron chi connectivity index (χ3n) is 6.28. The molecular formula is C21H27FN2O. The van der Waals surface area contributed by atoms with E-state index in [1.807, 2.05) is 6.08 Å². The third kappa shape index (κ3) is 3.06. The molecule has 3 nitrogen and oxygen atoms in total. The lowest BCUT2D eigenvalue weighted by Crippen LogP contribution is -2.54. The van der Waals surface area contributed by atoms with Gasteiger partial charge in [0.1, 0.15) is 6.17 Å². The van der Waals surface area contributed by atoms with Gasteiger partial charge in [0.25, 0.3) is 0 Å². The molecule has 1 saturated carbocycles. The van der Waals surface area contributed by atoms with Crippen LogP contribution in [0.4, 0.5) is 4.39 Å². The number of nitrogens with two attached hydrogens (primary N) is 1. The van der Waals surface area contributed by atoms with E-state index in [9.17, 15) is 4.39 Å². The van der Waals surface area contributed by atoms with Crippen LogP contribution in [0, 0.1) is 11.3 Å². The molecule has 2 aliphatic carbocycles. The van der Waals surface area contributed by atoms with Crippen molar-refractivity contribution in [2.75, 3.05) is 19.8 Å². The van der Waals surface area contributed by atoms with Gasteiger partial charge in [-0.15, -0.1) is 0 Å². The molecule has 0 radical (unpaired) electrons. The molecule has 2 N–H and O–H groups in total. The van der Waals surface area contributed by atoms with E-state index in [-0.39, 0.29) is 11.0 Å². The Hall–Kier alpha value is -1.52. The normalized spacial score (nSPS) is 33.9. The molecule has 4 heteroatoms. The van der Waals surface area contributed by atoms with Crippen LogP contribution in [0.2, 0.25) is 0 Å². The summed E-state index contributed by atoms with van der Waals surface area (Å²) >= 11 is 0. The smallest absolute Gasteiger partial charge is 0.119 e. The van der Waals surface area contributed by atoms with Crippen molar-refractivity contribution in [2.45, 2.75) is 44.3 Å². The van der Waals surface area contributed by atoms with Gasteiger partial charge in [-0.05, 0) is 53.4 Å². The van der Waals surface area contributed by atoms with Gasteiger partial charge in [-0.25, -0.2) is 4.39 Å². The summed E-state index contributed by atoms with van der Waals surface area (Å²) in [5.41, 5.74) is 9.83. The van der Waals surface area contributed by atoms with Crippen molar-refractivity contribution in [3.63, 3.8) is 0 Å². The van der Waals surface area contributed by atoms with E-state index in [4.69, 9.17) is 15.5 Å². The molecule has 1 saturated heterocycles. The molecule has 3 atom stereocenters. The monoisotopic (exact) mass is 342 g/mol. The maximum Gasteiger partial charge on any atom is 0.119 e. The second-order valence-electron chi connectivity index (χ2n) is 8.42. The molecule has 0 amide bonds. The fourth-order valence-electron chi connectivity index (χ4n) is 4.29. The lowest BCUT2D eigenvalue weighted by atomic mass is 9.88. The minimum atomic E-state index is -0.797. The van der Waals surface area contributed by atoms with Crippen LogP contribution in [0.3, 0.4) is 0 Å². The summed E-state index contributed by atoms with van der Waals surface area (Å²) in [5, 5.41) is 0. The molecule has 0 spiro atoms. The fourth-order valence-corrected chi connectivity index (χ4v) is 4.29. The highest BCUT2D eigenvalue weighted by atomic mass is 19.1. The Bertz CT molecular complexity index is 703. The number of hydrogen-bond acceptors (Lipinski definition) is 3. The van der Waals surface area contributed by atoms with E-state index in [2.05, 4.69) is 38.1 Å². The summed E-state index contributed by atoms with van der Waals surface area (Å²) in [6, 6.07) is 8.74. The van der Waals surface area contributed by atoms with Crippen molar-refractivity contribution < 1.29 is 9.13 Å². The molecule has 25 heavy (non-hydrogen) atoms. The van der Waals surface area contributed by atoms with Crippen LogP contribution in [0.25, 0.3) is 0 Å². The third-order valence-corrected chi connectivity index (χ3v) is 6.28. The first-order chi connectivity index (χ1) is 11.9. The lowest BCUT2D eigenvalue weighted by molar-refractivity contribution is -0.0569. The van der Waals surface area contributed by atoms with Gasteiger partial charge in [0.15, 0.2) is 0 Å². The largest absolute Gasteiger partial charge is 0.377 e. The number of aliphatic imine (C=N–C) groups is 1. The Balaban J connectivity index is 1.44. The number of alkyl halides is 1. The zero-order valence-electron chi connectivity index (χ0n) is 15.0. The van der Waals surface area contributed by atoms with E-state index < -0.39 is 6.17 Å². The second kappa shape index (κ2) is 6.03. The standard InChI is InChI=1S/C21H27FN2O/c1-20(2)18(11-24-17-9-7-16(22)8-10-17)19(20)14-3-5-15(6-4-14)21(23)12-25-13-21/h3-7,9,16,18-19H,8,10-13,23H2,1-2H3. The highest BCUT2D eigenvalue weighted by molar-refractivity contribution is 5.95. The Morgan fingerprint density at radius 3 is 2.52 bits per heavy atom. The summed E-state index contributed by atoms with van der Waals surface area (Å²) in [4.78, 5) is 4.76. The quantitative estimate of drug-likeness (QED) is 0.906. The van der Waals surface area contributed by atoms with Crippen LogP contribution in [0.15, 0.2) is 41.4 Å². The summed E-state index contributed by atoms with van der Waals surface area (Å²) in [6.07, 6.45) is 4.01. The summed E-state index contributed by atoms with van der Waals surface area (Å²) in [6.45, 7) is 6.66. The molecule has 0 bridgehead atoms. The van der Waals surface area contributed by atoms with E-state index in [0.29, 0.717) is 31.5 Å². The molecular weight excluding hydrogens is 315 g/mol. The molecule has 2 fully saturated rings. The second-order valence-corrected chi connectivity index (χ2v) is 8.42. The predicted octanol–water partition coefficient (Wildman–Crippen LogP) is 3.74. The molecule has 1 heterocycles. The molecule has 3 unspecified atom stereocenters. The van der Waals surface area contributed by atoms with Crippen LogP contribution >= 0.6 is 0 Å². The number of benzene rings is 1. The molecule has 0 aromatic heterocycles. The van der Waals surface area contributed by atoms with Crippen molar-refractivity contribution in [3.05, 3.63) is 47.5 Å². The highest BCUT2D eigenvalue weighted by Crippen LogP contribution is 2.64. The minimum Gasteiger partial charge on any atom is -0.377 e. The molecule has 1 aliphatic heterocycles. The van der Waals surface area contributed by atoms with E-state index in [1.165, 1.54) is 5.56 Å². The molecule has 3 aliphatic rings. The van der Waals surface area contributed by atoms with Crippen LogP contribution in [-0.4, -0.2) is 31.6 Å². The average molecular weight is 342 g/mol. The number of nitrogens with zero attached hydrogens (tertiary/aromatic N) is 1. The number of allylic oxidation sites excluding steroid dienone is 2. The minimum absolute atomic E-state index is 0.257. The van der Waals surface area contributed by atoms with Gasteiger partial charge < -0.3 is 10.5 Å². The Morgan fingerprint density at radius 1 is 1.24 bits per heavy atom. The summed E-state index contributed by atoms with van der Waals surface area (Å²) < 4.78 is 18.4. The van der Waals surface area contributed by atoms with Gasteiger partial charge >= 0.3 is 0 Å². The maximum atomic E-state index is 13.2. The summed E-state index contributed by atoms with van der Waals surface area (Å²) in [7, 11) is 0. The van der Waals surface area contributed by atoms with Gasteiger partial charge in [0.2, 0.25) is 0 Å². The first-order valence-electron chi connectivity index (χ1n) is 9.23. The van der Waals surface area contributed by atoms with Gasteiger partial charge in [-0.3, -0.25) is 4.99 Å². The van der Waals surface area contributed by atoms with Gasteiger partial charge in [0, 0.05) is 12.3 Å². The van der Waals surface area contributed by atoms with Crippen molar-refractivity contribution >= 4 is 5.71 Å². The van der Waals surface area contributed by atoms with Crippen molar-refractivity contribution in [3.8, 4) is 0 Å². The first-order valence-corrected chi connectivity index (χ1v) is 9.23. The van der Waals surface area contributed by atoms with Crippen molar-refractivity contribution in [2.24, 2.45) is 22.1 Å². The first kappa shape index (κ1) is 16.9. The number of halogens is 1. The zero-order chi connectivity index (χ0) is 17.7. The van der Waals surface area contributed by atoms with Gasteiger partial charge in [-0.1, -0.05) is 38.1 Å². The average Bonchev–Trinajstić information content (AvgIpc) is 3.13. The molecule has 4 rings (SSSR count). The summed E-state index contributed by atoms with van der Waals surface area (Å²) in [5.74, 6) is 1.07. The van der Waals surface area contributed by atoms with Gasteiger partial charge in [0.05, 0.1) is 18.8 Å². The maximum absolute atomic E-state index is 13.2. The van der Waals surface area contributed by atoms with Gasteiger partial charge in [-0.2, -0.15) is 0 Å². The predicted molar refractivity (Wildman–Crippen MR) is 98.7 cm³/mol. The number of ether oxygens (including phenoxy) is 1. The Kier molecular flexibility index (Phi) is 4.08. The van der Waals surface area contributed by atoms with Crippen molar-refractivity contribution in [1.82, 2.24) is 0 Å². The van der Waals surface area contributed by atoms with Crippen LogP contribution in [0.1, 0.15) is 43.7 Å². The SMILES string of the molecule is CC1(C)C(CN=C2C=CC(F)CC2)C1c1ccc(C2(N)COC2)cc1. The topological polar surface area (TPSA) is 47.6 Å². The number of rotatable bonds is 4.